The van der Waals surface area contributed by atoms with Crippen LogP contribution in [0.2, 0.25) is 0 Å². The van der Waals surface area contributed by atoms with Crippen LogP contribution in [0.25, 0.3) is 5.70 Å². The summed E-state index contributed by atoms with van der Waals surface area (Å²) in [5.41, 5.74) is 5.21. The average Bonchev–Trinajstić information content (AvgIpc) is 2.68. The lowest BCUT2D eigenvalue weighted by Crippen LogP contribution is -2.29. The van der Waals surface area contributed by atoms with Crippen LogP contribution in [0.3, 0.4) is 0 Å². The lowest BCUT2D eigenvalue weighted by atomic mass is 10.2. The standard InChI is InChI=1S/C14H18N3O2/c1-5-11-10-8-9(6-7-12(10)17-16-11)15-13(18)19-14(2,3)4/h6-8H,5H2,1-4H3,(H,15,18). The molecule has 1 aromatic carbocycles. The summed E-state index contributed by atoms with van der Waals surface area (Å²) < 4.78 is 5.21. The normalized spacial score (nSPS) is 13.4. The second-order valence-electron chi connectivity index (χ2n) is 5.36. The van der Waals surface area contributed by atoms with Crippen LogP contribution in [0.4, 0.5) is 10.5 Å². The molecule has 0 aliphatic carbocycles. The Bertz CT molecular complexity index is 615. The van der Waals surface area contributed by atoms with Gasteiger partial charge in [0.2, 0.25) is 0 Å². The predicted octanol–water partition coefficient (Wildman–Crippen LogP) is 1.70. The highest BCUT2D eigenvalue weighted by Crippen LogP contribution is 2.10. The molecular formula is C14H18N3O2. The lowest BCUT2D eigenvalue weighted by molar-refractivity contribution is 0.0636. The second-order valence-corrected chi connectivity index (χ2v) is 5.36. The first-order chi connectivity index (χ1) is 8.89. The van der Waals surface area contributed by atoms with E-state index >= 15 is 0 Å². The number of nitrogens with zero attached hydrogens (tertiary/aromatic N) is 2. The van der Waals surface area contributed by atoms with E-state index in [9.17, 15) is 4.79 Å². The fourth-order valence-electron chi connectivity index (χ4n) is 1.78. The second kappa shape index (κ2) is 4.91. The van der Waals surface area contributed by atoms with Gasteiger partial charge in [0.1, 0.15) is 5.60 Å². The van der Waals surface area contributed by atoms with Crippen molar-refractivity contribution in [1.29, 1.82) is 0 Å². The third-order valence-electron chi connectivity index (χ3n) is 2.57. The highest BCUT2D eigenvalue weighted by Gasteiger charge is 2.16. The fraction of sp³-hybridized carbons (Fsp3) is 0.429. The minimum Gasteiger partial charge on any atom is -0.444 e. The van der Waals surface area contributed by atoms with Crippen molar-refractivity contribution in [3.8, 4) is 0 Å². The summed E-state index contributed by atoms with van der Waals surface area (Å²) in [6, 6.07) is 5.51. The van der Waals surface area contributed by atoms with Crippen molar-refractivity contribution in [3.05, 3.63) is 28.8 Å². The van der Waals surface area contributed by atoms with Gasteiger partial charge in [-0.1, -0.05) is 6.92 Å². The number of rotatable bonds is 2. The smallest absolute Gasteiger partial charge is 0.412 e. The maximum atomic E-state index is 11.7. The quantitative estimate of drug-likeness (QED) is 0.879. The van der Waals surface area contributed by atoms with E-state index in [1.165, 1.54) is 0 Å². The van der Waals surface area contributed by atoms with Crippen LogP contribution in [0.1, 0.15) is 34.1 Å². The molecule has 1 heterocycles. The van der Waals surface area contributed by atoms with Crippen LogP contribution < -0.4 is 21.3 Å². The van der Waals surface area contributed by atoms with Crippen LogP contribution in [-0.2, 0) is 4.74 Å². The van der Waals surface area contributed by atoms with Gasteiger partial charge in [0.05, 0.1) is 11.1 Å². The monoisotopic (exact) mass is 260 g/mol. The van der Waals surface area contributed by atoms with E-state index in [2.05, 4.69) is 15.8 Å². The minimum atomic E-state index is -0.508. The predicted molar refractivity (Wildman–Crippen MR) is 72.9 cm³/mol. The fourth-order valence-corrected chi connectivity index (χ4v) is 1.78. The summed E-state index contributed by atoms with van der Waals surface area (Å²) in [4.78, 5) is 11.7. The Balaban J connectivity index is 2.21. The van der Waals surface area contributed by atoms with Crippen molar-refractivity contribution in [3.63, 3.8) is 0 Å². The lowest BCUT2D eigenvalue weighted by Gasteiger charge is -2.19. The number of anilines is 1. The largest absolute Gasteiger partial charge is 0.444 e. The third kappa shape index (κ3) is 3.24. The SMILES string of the molecule is CCC1=c2cc(NC(=O)OC(C)(C)C)ccc2=N[N]1. The first kappa shape index (κ1) is 13.4. The summed E-state index contributed by atoms with van der Waals surface area (Å²) in [6.07, 6.45) is 0.351. The molecule has 1 N–H and O–H groups in total. The highest BCUT2D eigenvalue weighted by molar-refractivity contribution is 5.84. The highest BCUT2D eigenvalue weighted by atomic mass is 16.6. The number of fused-ring (bicyclic) bond motifs is 1. The Morgan fingerprint density at radius 1 is 1.37 bits per heavy atom. The number of benzene rings is 1. The zero-order valence-corrected chi connectivity index (χ0v) is 11.7. The molecule has 1 aliphatic rings. The Labute approximate surface area is 112 Å². The molecule has 0 fully saturated rings. The molecule has 1 radical (unpaired) electrons. The van der Waals surface area contributed by atoms with Gasteiger partial charge in [0.15, 0.2) is 0 Å². The topological polar surface area (TPSA) is 64.8 Å². The van der Waals surface area contributed by atoms with Gasteiger partial charge in [0.25, 0.3) is 0 Å². The zero-order valence-electron chi connectivity index (χ0n) is 11.7. The van der Waals surface area contributed by atoms with E-state index in [0.717, 1.165) is 22.7 Å². The van der Waals surface area contributed by atoms with Crippen molar-refractivity contribution >= 4 is 17.5 Å². The van der Waals surface area contributed by atoms with Gasteiger partial charge in [-0.2, -0.15) is 10.5 Å². The van der Waals surface area contributed by atoms with Gasteiger partial charge >= 0.3 is 6.09 Å². The molecule has 1 aliphatic heterocycles. The Morgan fingerprint density at radius 3 is 2.74 bits per heavy atom. The Hall–Kier alpha value is -2.04. The molecular weight excluding hydrogens is 242 g/mol. The number of carbonyl (C=O) groups excluding carboxylic acids is 1. The van der Waals surface area contributed by atoms with E-state index < -0.39 is 11.7 Å². The number of amides is 1. The summed E-state index contributed by atoms with van der Waals surface area (Å²) in [5, 5.41) is 8.60. The van der Waals surface area contributed by atoms with E-state index in [4.69, 9.17) is 4.74 Å². The Morgan fingerprint density at radius 2 is 2.11 bits per heavy atom. The van der Waals surface area contributed by atoms with Gasteiger partial charge in [-0.15, -0.1) is 0 Å². The van der Waals surface area contributed by atoms with Gasteiger partial charge in [0, 0.05) is 10.9 Å². The van der Waals surface area contributed by atoms with Crippen LogP contribution in [0, 0.1) is 0 Å². The van der Waals surface area contributed by atoms with Crippen LogP contribution in [-0.4, -0.2) is 11.7 Å². The maximum Gasteiger partial charge on any atom is 0.412 e. The number of hydrogen-bond acceptors (Lipinski definition) is 3. The van der Waals surface area contributed by atoms with Crippen molar-refractivity contribution in [2.45, 2.75) is 39.7 Å². The number of ether oxygens (including phenoxy) is 1. The van der Waals surface area contributed by atoms with Crippen molar-refractivity contribution in [1.82, 2.24) is 5.43 Å². The first-order valence-corrected chi connectivity index (χ1v) is 6.31. The van der Waals surface area contributed by atoms with Crippen molar-refractivity contribution in [2.24, 2.45) is 5.10 Å². The number of carbonyl (C=O) groups is 1. The van der Waals surface area contributed by atoms with Gasteiger partial charge < -0.3 is 4.74 Å². The molecule has 1 aromatic rings. The maximum absolute atomic E-state index is 11.7. The zero-order chi connectivity index (χ0) is 14.0. The van der Waals surface area contributed by atoms with Crippen LogP contribution in [0.15, 0.2) is 23.3 Å². The van der Waals surface area contributed by atoms with E-state index in [1.54, 1.807) is 6.07 Å². The molecule has 0 spiro atoms. The van der Waals surface area contributed by atoms with Crippen LogP contribution >= 0.6 is 0 Å². The van der Waals surface area contributed by atoms with E-state index in [1.807, 2.05) is 39.8 Å². The average molecular weight is 260 g/mol. The first-order valence-electron chi connectivity index (χ1n) is 6.31. The minimum absolute atomic E-state index is 0.461. The van der Waals surface area contributed by atoms with Gasteiger partial charge in [-0.25, -0.2) is 4.79 Å². The van der Waals surface area contributed by atoms with Gasteiger partial charge in [-0.05, 0) is 45.4 Å². The molecule has 0 bridgehead atoms. The summed E-state index contributed by atoms with van der Waals surface area (Å²) >= 11 is 0. The number of nitrogens with one attached hydrogen (secondary N) is 1. The molecule has 5 nitrogen and oxygen atoms in total. The third-order valence-corrected chi connectivity index (χ3v) is 2.57. The van der Waals surface area contributed by atoms with Crippen molar-refractivity contribution < 1.29 is 9.53 Å². The summed E-state index contributed by atoms with van der Waals surface area (Å²) in [6.45, 7) is 7.51. The number of hydrogen-bond donors (Lipinski definition) is 1. The molecule has 0 aromatic heterocycles. The van der Waals surface area contributed by atoms with Crippen molar-refractivity contribution in [2.75, 3.05) is 5.32 Å². The Kier molecular flexibility index (Phi) is 3.46. The molecule has 101 valence electrons. The molecule has 0 unspecified atom stereocenters. The molecule has 19 heavy (non-hydrogen) atoms. The molecule has 2 rings (SSSR count). The molecule has 1 amide bonds. The molecule has 5 heteroatoms. The summed E-state index contributed by atoms with van der Waals surface area (Å²) in [7, 11) is 0. The molecule has 0 atom stereocenters. The van der Waals surface area contributed by atoms with Gasteiger partial charge in [-0.3, -0.25) is 5.32 Å². The van der Waals surface area contributed by atoms with E-state index in [0.29, 0.717) is 5.69 Å². The van der Waals surface area contributed by atoms with Crippen LogP contribution in [0.5, 0.6) is 0 Å². The molecule has 0 saturated carbocycles. The van der Waals surface area contributed by atoms with E-state index in [-0.39, 0.29) is 0 Å². The molecule has 0 saturated heterocycles. The summed E-state index contributed by atoms with van der Waals surface area (Å²) in [5.74, 6) is 0.